The minimum absolute atomic E-state index is 0.229. The molecule has 2 aliphatic heterocycles. The lowest BCUT2D eigenvalue weighted by Gasteiger charge is -2.25. The second-order valence-electron chi connectivity index (χ2n) is 5.68. The molecule has 110 valence electrons. The van der Waals surface area contributed by atoms with Crippen LogP contribution in [0.3, 0.4) is 0 Å². The number of nitrogens with zero attached hydrogens (tertiary/aromatic N) is 1. The highest BCUT2D eigenvalue weighted by Gasteiger charge is 2.23. The Hall–Kier alpha value is -0.940. The topological polar surface area (TPSA) is 33.7 Å². The van der Waals surface area contributed by atoms with Gasteiger partial charge in [0.2, 0.25) is 0 Å². The van der Waals surface area contributed by atoms with Gasteiger partial charge in [0.1, 0.15) is 0 Å². The second kappa shape index (κ2) is 7.18. The van der Waals surface area contributed by atoms with E-state index in [1.54, 1.807) is 0 Å². The third-order valence-electron chi connectivity index (χ3n) is 4.04. The first-order chi connectivity index (χ1) is 9.90. The molecule has 0 bridgehead atoms. The minimum atomic E-state index is 0.229. The van der Waals surface area contributed by atoms with E-state index in [2.05, 4.69) is 40.5 Å². The summed E-state index contributed by atoms with van der Waals surface area (Å²) in [5.74, 6) is 0. The van der Waals surface area contributed by atoms with Gasteiger partial charge in [-0.05, 0) is 12.0 Å². The number of rotatable bonds is 5. The van der Waals surface area contributed by atoms with Gasteiger partial charge in [-0.2, -0.15) is 0 Å². The van der Waals surface area contributed by atoms with Crippen LogP contribution in [-0.2, 0) is 16.0 Å². The first-order valence-electron chi connectivity index (χ1n) is 7.59. The molecule has 0 aliphatic carbocycles. The molecule has 2 aliphatic rings. The molecule has 4 nitrogen and oxygen atoms in total. The third-order valence-corrected chi connectivity index (χ3v) is 4.04. The predicted molar refractivity (Wildman–Crippen MR) is 78.7 cm³/mol. The van der Waals surface area contributed by atoms with Gasteiger partial charge in [0.15, 0.2) is 0 Å². The second-order valence-corrected chi connectivity index (χ2v) is 5.68. The van der Waals surface area contributed by atoms with Crippen LogP contribution in [0.1, 0.15) is 12.0 Å². The minimum Gasteiger partial charge on any atom is -0.376 e. The Balaban J connectivity index is 1.38. The van der Waals surface area contributed by atoms with Crippen molar-refractivity contribution >= 4 is 0 Å². The van der Waals surface area contributed by atoms with Gasteiger partial charge in [0, 0.05) is 32.2 Å². The summed E-state index contributed by atoms with van der Waals surface area (Å²) in [4.78, 5) is 2.52. The van der Waals surface area contributed by atoms with E-state index in [4.69, 9.17) is 9.47 Å². The lowest BCUT2D eigenvalue weighted by molar-refractivity contribution is -0.0869. The van der Waals surface area contributed by atoms with Crippen molar-refractivity contribution in [2.45, 2.75) is 25.1 Å². The van der Waals surface area contributed by atoms with E-state index in [9.17, 15) is 0 Å². The zero-order valence-electron chi connectivity index (χ0n) is 12.0. The molecule has 1 aromatic rings. The largest absolute Gasteiger partial charge is 0.376 e. The van der Waals surface area contributed by atoms with Crippen LogP contribution < -0.4 is 5.32 Å². The number of likely N-dealkylation sites (tertiary alicyclic amines) is 1. The average Bonchev–Trinajstić information content (AvgIpc) is 2.95. The molecule has 2 fully saturated rings. The molecule has 20 heavy (non-hydrogen) atoms. The summed E-state index contributed by atoms with van der Waals surface area (Å²) in [5.41, 5.74) is 1.40. The van der Waals surface area contributed by atoms with Crippen molar-refractivity contribution in [1.29, 1.82) is 0 Å². The van der Waals surface area contributed by atoms with Gasteiger partial charge < -0.3 is 14.8 Å². The Kier molecular flexibility index (Phi) is 5.03. The first kappa shape index (κ1) is 14.0. The summed E-state index contributed by atoms with van der Waals surface area (Å²) in [7, 11) is 0. The summed E-state index contributed by atoms with van der Waals surface area (Å²) in [6, 6.07) is 11.3. The molecular formula is C16H24N2O2. The molecule has 0 saturated carbocycles. The summed E-state index contributed by atoms with van der Waals surface area (Å²) >= 11 is 0. The molecule has 2 unspecified atom stereocenters. The van der Waals surface area contributed by atoms with Gasteiger partial charge in [0.25, 0.3) is 0 Å². The van der Waals surface area contributed by atoms with Crippen LogP contribution in [-0.4, -0.2) is 56.5 Å². The van der Waals surface area contributed by atoms with E-state index in [-0.39, 0.29) is 6.10 Å². The van der Waals surface area contributed by atoms with E-state index in [1.807, 2.05) is 0 Å². The molecule has 1 aromatic carbocycles. The van der Waals surface area contributed by atoms with Crippen molar-refractivity contribution in [3.05, 3.63) is 35.9 Å². The monoisotopic (exact) mass is 276 g/mol. The standard InChI is InChI=1S/C16H24N2O2/c1-2-4-14(5-3-1)11-18-7-6-15(12-18)17-10-16-13-19-8-9-20-16/h1-5,15-17H,6-13H2. The predicted octanol–water partition coefficient (Wildman–Crippen LogP) is 1.27. The lowest BCUT2D eigenvalue weighted by Crippen LogP contribution is -2.42. The fourth-order valence-corrected chi connectivity index (χ4v) is 2.94. The maximum atomic E-state index is 5.66. The fraction of sp³-hybridized carbons (Fsp3) is 0.625. The highest BCUT2D eigenvalue weighted by atomic mass is 16.6. The Morgan fingerprint density at radius 2 is 2.10 bits per heavy atom. The van der Waals surface area contributed by atoms with Crippen molar-refractivity contribution < 1.29 is 9.47 Å². The zero-order valence-corrected chi connectivity index (χ0v) is 12.0. The molecule has 4 heteroatoms. The van der Waals surface area contributed by atoms with E-state index in [1.165, 1.54) is 18.5 Å². The Labute approximate surface area is 121 Å². The van der Waals surface area contributed by atoms with Gasteiger partial charge in [-0.1, -0.05) is 30.3 Å². The molecule has 2 atom stereocenters. The number of nitrogens with one attached hydrogen (secondary N) is 1. The van der Waals surface area contributed by atoms with Crippen LogP contribution in [0, 0.1) is 0 Å². The van der Waals surface area contributed by atoms with Gasteiger partial charge in [0.05, 0.1) is 25.9 Å². The summed E-state index contributed by atoms with van der Waals surface area (Å²) in [6.07, 6.45) is 1.45. The van der Waals surface area contributed by atoms with E-state index >= 15 is 0 Å². The van der Waals surface area contributed by atoms with Gasteiger partial charge in [-0.3, -0.25) is 4.90 Å². The Bertz CT molecular complexity index is 393. The van der Waals surface area contributed by atoms with Crippen molar-refractivity contribution in [2.75, 3.05) is 39.5 Å². The van der Waals surface area contributed by atoms with Crippen LogP contribution in [0.4, 0.5) is 0 Å². The Morgan fingerprint density at radius 3 is 2.90 bits per heavy atom. The number of benzene rings is 1. The average molecular weight is 276 g/mol. The number of hydrogen-bond donors (Lipinski definition) is 1. The molecule has 2 saturated heterocycles. The lowest BCUT2D eigenvalue weighted by atomic mass is 10.2. The zero-order chi connectivity index (χ0) is 13.6. The first-order valence-corrected chi connectivity index (χ1v) is 7.59. The van der Waals surface area contributed by atoms with Crippen LogP contribution in [0.25, 0.3) is 0 Å². The van der Waals surface area contributed by atoms with Crippen LogP contribution in [0.2, 0.25) is 0 Å². The summed E-state index contributed by atoms with van der Waals surface area (Å²) in [6.45, 7) is 6.47. The smallest absolute Gasteiger partial charge is 0.0933 e. The molecule has 0 radical (unpaired) electrons. The van der Waals surface area contributed by atoms with E-state index in [0.717, 1.165) is 39.5 Å². The van der Waals surface area contributed by atoms with Crippen molar-refractivity contribution in [2.24, 2.45) is 0 Å². The maximum absolute atomic E-state index is 5.66. The molecule has 0 spiro atoms. The van der Waals surface area contributed by atoms with E-state index in [0.29, 0.717) is 6.04 Å². The van der Waals surface area contributed by atoms with E-state index < -0.39 is 0 Å². The third kappa shape index (κ3) is 4.03. The normalized spacial score (nSPS) is 27.8. The van der Waals surface area contributed by atoms with Crippen LogP contribution >= 0.6 is 0 Å². The maximum Gasteiger partial charge on any atom is 0.0933 e. The molecular weight excluding hydrogens is 252 g/mol. The molecule has 2 heterocycles. The van der Waals surface area contributed by atoms with Gasteiger partial charge >= 0.3 is 0 Å². The van der Waals surface area contributed by atoms with Crippen molar-refractivity contribution in [3.63, 3.8) is 0 Å². The van der Waals surface area contributed by atoms with Crippen LogP contribution in [0.15, 0.2) is 30.3 Å². The molecule has 3 rings (SSSR count). The van der Waals surface area contributed by atoms with Gasteiger partial charge in [-0.25, -0.2) is 0 Å². The Morgan fingerprint density at radius 1 is 1.20 bits per heavy atom. The van der Waals surface area contributed by atoms with Crippen molar-refractivity contribution in [1.82, 2.24) is 10.2 Å². The SMILES string of the molecule is c1ccc(CN2CCC(NCC3COCCO3)C2)cc1. The van der Waals surface area contributed by atoms with Gasteiger partial charge in [-0.15, -0.1) is 0 Å². The number of ether oxygens (including phenoxy) is 2. The molecule has 1 N–H and O–H groups in total. The molecule has 0 aromatic heterocycles. The van der Waals surface area contributed by atoms with Crippen LogP contribution in [0.5, 0.6) is 0 Å². The highest BCUT2D eigenvalue weighted by Crippen LogP contribution is 2.13. The quantitative estimate of drug-likeness (QED) is 0.878. The fourth-order valence-electron chi connectivity index (χ4n) is 2.94. The highest BCUT2D eigenvalue weighted by molar-refractivity contribution is 5.14. The number of hydrogen-bond acceptors (Lipinski definition) is 4. The van der Waals surface area contributed by atoms with Crippen molar-refractivity contribution in [3.8, 4) is 0 Å². The summed E-state index contributed by atoms with van der Waals surface area (Å²) in [5, 5.41) is 3.62. The molecule has 0 amide bonds. The summed E-state index contributed by atoms with van der Waals surface area (Å²) < 4.78 is 11.1.